The van der Waals surface area contributed by atoms with Crippen molar-refractivity contribution in [3.8, 4) is 0 Å². The molecule has 1 aliphatic heterocycles. The third kappa shape index (κ3) is 4.81. The van der Waals surface area contributed by atoms with Gasteiger partial charge in [-0.2, -0.15) is 0 Å². The van der Waals surface area contributed by atoms with Crippen LogP contribution >= 0.6 is 11.3 Å². The lowest BCUT2D eigenvalue weighted by Gasteiger charge is -2.29. The lowest BCUT2D eigenvalue weighted by Crippen LogP contribution is -2.39. The molecule has 25 heavy (non-hydrogen) atoms. The van der Waals surface area contributed by atoms with Gasteiger partial charge in [0, 0.05) is 35.9 Å². The minimum atomic E-state index is -0.194. The molecule has 0 spiro atoms. The normalized spacial score (nSPS) is 16.0. The van der Waals surface area contributed by atoms with E-state index in [2.05, 4.69) is 38.7 Å². The number of anilines is 2. The molecule has 1 fully saturated rings. The molecule has 0 bridgehead atoms. The second-order valence-electron chi connectivity index (χ2n) is 6.31. The van der Waals surface area contributed by atoms with Crippen LogP contribution in [0.5, 0.6) is 0 Å². The Hall–Kier alpha value is -1.89. The number of amides is 1. The second kappa shape index (κ2) is 8.47. The summed E-state index contributed by atoms with van der Waals surface area (Å²) in [6.45, 7) is 6.08. The summed E-state index contributed by atoms with van der Waals surface area (Å²) in [5.41, 5.74) is 2.00. The van der Waals surface area contributed by atoms with Gasteiger partial charge in [0.2, 0.25) is 5.91 Å². The van der Waals surface area contributed by atoms with E-state index in [1.165, 1.54) is 10.6 Å². The summed E-state index contributed by atoms with van der Waals surface area (Å²) in [7, 11) is 1.98. The molecule has 1 atom stereocenters. The summed E-state index contributed by atoms with van der Waals surface area (Å²) < 4.78 is 5.38. The van der Waals surface area contributed by atoms with Crippen molar-refractivity contribution in [2.75, 3.05) is 43.6 Å². The smallest absolute Gasteiger partial charge is 0.241 e. The molecule has 0 radical (unpaired) electrons. The standard InChI is InChI=1S/C19H25N3O2S/c1-15(21(2)14-18-4-3-13-25-18)19(23)20-16-5-7-17(8-6-16)22-9-11-24-12-10-22/h3-8,13,15H,9-12,14H2,1-2H3,(H,20,23)/t15-/m1/s1. The van der Waals surface area contributed by atoms with Crippen molar-refractivity contribution in [3.05, 3.63) is 46.7 Å². The molecular weight excluding hydrogens is 334 g/mol. The largest absolute Gasteiger partial charge is 0.378 e. The molecule has 0 saturated carbocycles. The van der Waals surface area contributed by atoms with Crippen LogP contribution in [0, 0.1) is 0 Å². The average Bonchev–Trinajstić information content (AvgIpc) is 3.15. The van der Waals surface area contributed by atoms with E-state index in [0.717, 1.165) is 38.5 Å². The van der Waals surface area contributed by atoms with Crippen molar-refractivity contribution in [2.24, 2.45) is 0 Å². The number of nitrogens with one attached hydrogen (secondary N) is 1. The zero-order valence-corrected chi connectivity index (χ0v) is 15.6. The summed E-state index contributed by atoms with van der Waals surface area (Å²) in [4.78, 5) is 18.1. The number of morpholine rings is 1. The fourth-order valence-corrected chi connectivity index (χ4v) is 3.58. The third-order valence-corrected chi connectivity index (χ3v) is 5.40. The number of thiophene rings is 1. The van der Waals surface area contributed by atoms with Gasteiger partial charge in [0.25, 0.3) is 0 Å². The summed E-state index contributed by atoms with van der Waals surface area (Å²) in [5, 5.41) is 5.07. The first-order valence-corrected chi connectivity index (χ1v) is 9.47. The fraction of sp³-hybridized carbons (Fsp3) is 0.421. The van der Waals surface area contributed by atoms with E-state index in [0.29, 0.717) is 0 Å². The highest BCUT2D eigenvalue weighted by Gasteiger charge is 2.19. The van der Waals surface area contributed by atoms with Gasteiger partial charge < -0.3 is 15.0 Å². The monoisotopic (exact) mass is 359 g/mol. The van der Waals surface area contributed by atoms with E-state index in [1.54, 1.807) is 11.3 Å². The van der Waals surface area contributed by atoms with Crippen LogP contribution in [0.15, 0.2) is 41.8 Å². The number of hydrogen-bond acceptors (Lipinski definition) is 5. The molecule has 0 unspecified atom stereocenters. The molecule has 1 N–H and O–H groups in total. The summed E-state index contributed by atoms with van der Waals surface area (Å²) in [6, 6.07) is 12.0. The number of likely N-dealkylation sites (N-methyl/N-ethyl adjacent to an activating group) is 1. The van der Waals surface area contributed by atoms with Crippen molar-refractivity contribution in [2.45, 2.75) is 19.5 Å². The lowest BCUT2D eigenvalue weighted by atomic mass is 10.2. The lowest BCUT2D eigenvalue weighted by molar-refractivity contribution is -0.120. The van der Waals surface area contributed by atoms with E-state index in [9.17, 15) is 4.79 Å². The van der Waals surface area contributed by atoms with Crippen LogP contribution in [-0.2, 0) is 16.1 Å². The van der Waals surface area contributed by atoms with Gasteiger partial charge in [0.15, 0.2) is 0 Å². The Balaban J connectivity index is 1.54. The number of rotatable bonds is 6. The molecule has 2 heterocycles. The molecule has 0 aliphatic carbocycles. The molecule has 6 heteroatoms. The van der Waals surface area contributed by atoms with Gasteiger partial charge in [-0.3, -0.25) is 9.69 Å². The Bertz CT molecular complexity index is 666. The molecule has 1 amide bonds. The highest BCUT2D eigenvalue weighted by atomic mass is 32.1. The average molecular weight is 359 g/mol. The third-order valence-electron chi connectivity index (χ3n) is 4.54. The highest BCUT2D eigenvalue weighted by Crippen LogP contribution is 2.19. The van der Waals surface area contributed by atoms with Gasteiger partial charge >= 0.3 is 0 Å². The Morgan fingerprint density at radius 1 is 1.28 bits per heavy atom. The molecule has 1 aromatic carbocycles. The topological polar surface area (TPSA) is 44.8 Å². The first kappa shape index (κ1) is 17.9. The van der Waals surface area contributed by atoms with Gasteiger partial charge in [-0.05, 0) is 49.7 Å². The number of carbonyl (C=O) groups is 1. The van der Waals surface area contributed by atoms with Crippen LogP contribution in [-0.4, -0.2) is 50.2 Å². The number of benzene rings is 1. The molecular formula is C19H25N3O2S. The Morgan fingerprint density at radius 2 is 2.00 bits per heavy atom. The van der Waals surface area contributed by atoms with Crippen LogP contribution in [0.25, 0.3) is 0 Å². The predicted octanol–water partition coefficient (Wildman–Crippen LogP) is 3.04. The van der Waals surface area contributed by atoms with E-state index in [1.807, 2.05) is 32.2 Å². The fourth-order valence-electron chi connectivity index (χ4n) is 2.81. The Morgan fingerprint density at radius 3 is 2.64 bits per heavy atom. The van der Waals surface area contributed by atoms with E-state index in [-0.39, 0.29) is 11.9 Å². The van der Waals surface area contributed by atoms with E-state index >= 15 is 0 Å². The number of hydrogen-bond donors (Lipinski definition) is 1. The number of ether oxygens (including phenoxy) is 1. The van der Waals surface area contributed by atoms with Crippen molar-refractivity contribution in [1.82, 2.24) is 4.90 Å². The zero-order valence-electron chi connectivity index (χ0n) is 14.8. The van der Waals surface area contributed by atoms with Crippen LogP contribution < -0.4 is 10.2 Å². The summed E-state index contributed by atoms with van der Waals surface area (Å²) in [6.07, 6.45) is 0. The number of nitrogens with zero attached hydrogens (tertiary/aromatic N) is 2. The zero-order chi connectivity index (χ0) is 17.6. The maximum atomic E-state index is 12.5. The first-order chi connectivity index (χ1) is 12.1. The maximum Gasteiger partial charge on any atom is 0.241 e. The molecule has 1 saturated heterocycles. The van der Waals surface area contributed by atoms with Gasteiger partial charge in [0.1, 0.15) is 0 Å². The molecule has 5 nitrogen and oxygen atoms in total. The quantitative estimate of drug-likeness (QED) is 0.861. The van der Waals surface area contributed by atoms with Crippen molar-refractivity contribution in [1.29, 1.82) is 0 Å². The first-order valence-electron chi connectivity index (χ1n) is 8.60. The van der Waals surface area contributed by atoms with Crippen LogP contribution in [0.1, 0.15) is 11.8 Å². The number of carbonyl (C=O) groups excluding carboxylic acids is 1. The SMILES string of the molecule is C[C@H](C(=O)Nc1ccc(N2CCOCC2)cc1)N(C)Cc1cccs1. The molecule has 2 aromatic rings. The Kier molecular flexibility index (Phi) is 6.07. The minimum absolute atomic E-state index is 0.0122. The van der Waals surface area contributed by atoms with Crippen molar-refractivity contribution in [3.63, 3.8) is 0 Å². The van der Waals surface area contributed by atoms with Gasteiger partial charge in [-0.1, -0.05) is 6.07 Å². The van der Waals surface area contributed by atoms with Crippen LogP contribution in [0.4, 0.5) is 11.4 Å². The van der Waals surface area contributed by atoms with E-state index in [4.69, 9.17) is 4.74 Å². The van der Waals surface area contributed by atoms with Gasteiger partial charge in [-0.25, -0.2) is 0 Å². The molecule has 1 aliphatic rings. The predicted molar refractivity (Wildman–Crippen MR) is 103 cm³/mol. The molecule has 134 valence electrons. The summed E-state index contributed by atoms with van der Waals surface area (Å²) >= 11 is 1.71. The summed E-state index contributed by atoms with van der Waals surface area (Å²) in [5.74, 6) is 0.0122. The van der Waals surface area contributed by atoms with Crippen LogP contribution in [0.3, 0.4) is 0 Å². The van der Waals surface area contributed by atoms with Crippen molar-refractivity contribution < 1.29 is 9.53 Å². The molecule has 1 aromatic heterocycles. The van der Waals surface area contributed by atoms with Crippen molar-refractivity contribution >= 4 is 28.6 Å². The maximum absolute atomic E-state index is 12.5. The van der Waals surface area contributed by atoms with Gasteiger partial charge in [0.05, 0.1) is 19.3 Å². The highest BCUT2D eigenvalue weighted by molar-refractivity contribution is 7.09. The Labute approximate surface area is 153 Å². The molecule has 3 rings (SSSR count). The minimum Gasteiger partial charge on any atom is -0.378 e. The van der Waals surface area contributed by atoms with Crippen LogP contribution in [0.2, 0.25) is 0 Å². The van der Waals surface area contributed by atoms with E-state index < -0.39 is 0 Å². The van der Waals surface area contributed by atoms with Gasteiger partial charge in [-0.15, -0.1) is 11.3 Å². The second-order valence-corrected chi connectivity index (χ2v) is 7.34.